The zero-order chi connectivity index (χ0) is 15.5. The lowest BCUT2D eigenvalue weighted by Crippen LogP contribution is -2.53. The molecule has 9 heteroatoms. The summed E-state index contributed by atoms with van der Waals surface area (Å²) in [5.74, 6) is 0. The molecule has 1 aromatic rings. The van der Waals surface area contributed by atoms with Crippen LogP contribution in [0.4, 0.5) is 4.79 Å². The number of carbonyl (C=O) groups is 1. The van der Waals surface area contributed by atoms with Gasteiger partial charge in [-0.05, 0) is 6.92 Å². The minimum Gasteiger partial charge on any atom is -0.366 e. The average Bonchev–Trinajstić information content (AvgIpc) is 2.48. The first kappa shape index (κ1) is 15.5. The predicted molar refractivity (Wildman–Crippen MR) is 76.5 cm³/mol. The number of pyridine rings is 1. The van der Waals surface area contributed by atoms with Gasteiger partial charge in [-0.1, -0.05) is 0 Å². The highest BCUT2D eigenvalue weighted by Crippen LogP contribution is 2.13. The third-order valence-corrected chi connectivity index (χ3v) is 5.18. The Balaban J connectivity index is 2.10. The van der Waals surface area contributed by atoms with Gasteiger partial charge < -0.3 is 15.2 Å². The van der Waals surface area contributed by atoms with E-state index in [0.717, 1.165) is 0 Å². The zero-order valence-electron chi connectivity index (χ0n) is 11.7. The van der Waals surface area contributed by atoms with Crippen molar-refractivity contribution in [2.75, 3.05) is 32.7 Å². The quantitative estimate of drug-likeness (QED) is 0.778. The molecule has 2 N–H and O–H groups in total. The van der Waals surface area contributed by atoms with Crippen LogP contribution in [0.2, 0.25) is 0 Å². The third kappa shape index (κ3) is 3.24. The van der Waals surface area contributed by atoms with E-state index >= 15 is 0 Å². The Morgan fingerprint density at radius 1 is 1.33 bits per heavy atom. The van der Waals surface area contributed by atoms with Gasteiger partial charge in [0.1, 0.15) is 4.90 Å². The van der Waals surface area contributed by atoms with E-state index in [1.807, 2.05) is 6.92 Å². The van der Waals surface area contributed by atoms with E-state index in [0.29, 0.717) is 19.6 Å². The smallest absolute Gasteiger partial charge is 0.317 e. The number of aromatic nitrogens is 1. The van der Waals surface area contributed by atoms with Crippen molar-refractivity contribution in [3.05, 3.63) is 28.7 Å². The Morgan fingerprint density at radius 3 is 2.57 bits per heavy atom. The second-order valence-corrected chi connectivity index (χ2v) is 6.51. The van der Waals surface area contributed by atoms with E-state index in [4.69, 9.17) is 0 Å². The molecule has 2 heterocycles. The van der Waals surface area contributed by atoms with Crippen LogP contribution in [0.1, 0.15) is 6.92 Å². The number of nitrogens with one attached hydrogen (secondary N) is 2. The van der Waals surface area contributed by atoms with Gasteiger partial charge in [0.2, 0.25) is 15.5 Å². The van der Waals surface area contributed by atoms with Crippen LogP contribution in [0.5, 0.6) is 0 Å². The highest BCUT2D eigenvalue weighted by Gasteiger charge is 2.31. The number of sulfonamides is 1. The molecule has 1 aliphatic heterocycles. The highest BCUT2D eigenvalue weighted by molar-refractivity contribution is 7.89. The zero-order valence-corrected chi connectivity index (χ0v) is 12.5. The molecule has 0 bridgehead atoms. The van der Waals surface area contributed by atoms with Gasteiger partial charge >= 0.3 is 6.03 Å². The molecule has 2 amide bonds. The maximum Gasteiger partial charge on any atom is 0.317 e. The molecule has 0 saturated carbocycles. The van der Waals surface area contributed by atoms with Crippen LogP contribution >= 0.6 is 0 Å². The number of H-pyrrole nitrogens is 1. The largest absolute Gasteiger partial charge is 0.366 e. The van der Waals surface area contributed by atoms with E-state index < -0.39 is 15.5 Å². The van der Waals surface area contributed by atoms with Crippen molar-refractivity contribution in [2.24, 2.45) is 0 Å². The van der Waals surface area contributed by atoms with Gasteiger partial charge in [0.25, 0.3) is 0 Å². The number of nitrogens with zero attached hydrogens (tertiary/aromatic N) is 2. The van der Waals surface area contributed by atoms with E-state index in [9.17, 15) is 18.0 Å². The van der Waals surface area contributed by atoms with E-state index in [2.05, 4.69) is 10.3 Å². The normalized spacial score (nSPS) is 16.7. The molecule has 0 atom stereocenters. The highest BCUT2D eigenvalue weighted by atomic mass is 32.2. The SMILES string of the molecule is CCNC(=O)N1CCN(S(=O)(=O)c2c[nH]ccc2=O)CC1. The minimum absolute atomic E-state index is 0.174. The number of rotatable bonds is 3. The number of carbonyl (C=O) groups excluding carboxylic acids is 1. The van der Waals surface area contributed by atoms with Crippen molar-refractivity contribution in [2.45, 2.75) is 11.8 Å². The Labute approximate surface area is 122 Å². The van der Waals surface area contributed by atoms with Gasteiger partial charge in [0.15, 0.2) is 0 Å². The lowest BCUT2D eigenvalue weighted by atomic mass is 10.4. The summed E-state index contributed by atoms with van der Waals surface area (Å²) in [6.45, 7) is 3.30. The van der Waals surface area contributed by atoms with E-state index in [-0.39, 0.29) is 24.0 Å². The standard InChI is InChI=1S/C12H18N4O4S/c1-2-14-12(18)15-5-7-16(8-6-15)21(19,20)11-9-13-4-3-10(11)17/h3-4,9H,2,5-8H2,1H3,(H,13,17)(H,14,18). The van der Waals surface area contributed by atoms with Crippen LogP contribution in [0.3, 0.4) is 0 Å². The second-order valence-electron chi connectivity index (χ2n) is 4.60. The first-order valence-corrected chi connectivity index (χ1v) is 8.11. The number of urea groups is 1. The minimum atomic E-state index is -3.82. The van der Waals surface area contributed by atoms with Crippen molar-refractivity contribution < 1.29 is 13.2 Å². The van der Waals surface area contributed by atoms with E-state index in [1.165, 1.54) is 22.8 Å². The fraction of sp³-hybridized carbons (Fsp3) is 0.500. The summed E-state index contributed by atoms with van der Waals surface area (Å²) >= 11 is 0. The van der Waals surface area contributed by atoms with Crippen molar-refractivity contribution >= 4 is 16.1 Å². The molecule has 1 aromatic heterocycles. The molecule has 0 aromatic carbocycles. The van der Waals surface area contributed by atoms with Crippen LogP contribution < -0.4 is 10.7 Å². The predicted octanol–water partition coefficient (Wildman–Crippen LogP) is -0.589. The molecule has 0 radical (unpaired) electrons. The molecule has 8 nitrogen and oxygen atoms in total. The summed E-state index contributed by atoms with van der Waals surface area (Å²) in [6.07, 6.45) is 2.57. The summed E-state index contributed by atoms with van der Waals surface area (Å²) in [5.41, 5.74) is -0.542. The van der Waals surface area contributed by atoms with Crippen LogP contribution in [0, 0.1) is 0 Å². The molecular formula is C12H18N4O4S. The van der Waals surface area contributed by atoms with Crippen LogP contribution in [0.15, 0.2) is 28.2 Å². The van der Waals surface area contributed by atoms with Gasteiger partial charge in [0.05, 0.1) is 0 Å². The molecule has 21 heavy (non-hydrogen) atoms. The number of hydrogen-bond donors (Lipinski definition) is 2. The fourth-order valence-electron chi connectivity index (χ4n) is 2.14. The van der Waals surface area contributed by atoms with Crippen molar-refractivity contribution in [3.63, 3.8) is 0 Å². The molecule has 1 saturated heterocycles. The first-order chi connectivity index (χ1) is 9.96. The lowest BCUT2D eigenvalue weighted by Gasteiger charge is -2.33. The monoisotopic (exact) mass is 314 g/mol. The maximum absolute atomic E-state index is 12.4. The lowest BCUT2D eigenvalue weighted by molar-refractivity contribution is 0.173. The molecule has 2 rings (SSSR count). The van der Waals surface area contributed by atoms with Gasteiger partial charge in [0, 0.05) is 51.2 Å². The number of hydrogen-bond acceptors (Lipinski definition) is 4. The molecule has 1 fully saturated rings. The Hall–Kier alpha value is -1.87. The third-order valence-electron chi connectivity index (χ3n) is 3.26. The van der Waals surface area contributed by atoms with Gasteiger partial charge in [-0.2, -0.15) is 4.31 Å². The first-order valence-electron chi connectivity index (χ1n) is 6.67. The number of aromatic amines is 1. The molecular weight excluding hydrogens is 296 g/mol. The van der Waals surface area contributed by atoms with Crippen LogP contribution in [0.25, 0.3) is 0 Å². The second kappa shape index (κ2) is 6.27. The maximum atomic E-state index is 12.4. The summed E-state index contributed by atoms with van der Waals surface area (Å²) < 4.78 is 26.0. The van der Waals surface area contributed by atoms with Crippen molar-refractivity contribution in [3.8, 4) is 0 Å². The number of amides is 2. The van der Waals surface area contributed by atoms with Gasteiger partial charge in [-0.15, -0.1) is 0 Å². The topological polar surface area (TPSA) is 103 Å². The summed E-state index contributed by atoms with van der Waals surface area (Å²) in [4.78, 5) is 27.2. The summed E-state index contributed by atoms with van der Waals surface area (Å²) in [6, 6.07) is 0.977. The van der Waals surface area contributed by atoms with Crippen LogP contribution in [-0.2, 0) is 10.0 Å². The Kier molecular flexibility index (Phi) is 4.63. The Morgan fingerprint density at radius 2 is 2.00 bits per heavy atom. The van der Waals surface area contributed by atoms with Gasteiger partial charge in [-0.25, -0.2) is 13.2 Å². The summed E-state index contributed by atoms with van der Waals surface area (Å²) in [7, 11) is -3.82. The fourth-order valence-corrected chi connectivity index (χ4v) is 3.60. The molecule has 0 aliphatic carbocycles. The van der Waals surface area contributed by atoms with Crippen molar-refractivity contribution in [1.82, 2.24) is 19.5 Å². The number of piperazine rings is 1. The average molecular weight is 314 g/mol. The van der Waals surface area contributed by atoms with Crippen LogP contribution in [-0.4, -0.2) is 61.4 Å². The Bertz CT molecular complexity index is 662. The molecule has 0 unspecified atom stereocenters. The molecule has 0 spiro atoms. The van der Waals surface area contributed by atoms with Gasteiger partial charge in [-0.3, -0.25) is 4.79 Å². The summed E-state index contributed by atoms with van der Waals surface area (Å²) in [5, 5.41) is 2.67. The van der Waals surface area contributed by atoms with E-state index in [1.54, 1.807) is 4.90 Å². The van der Waals surface area contributed by atoms with Crippen molar-refractivity contribution in [1.29, 1.82) is 0 Å². The molecule has 116 valence electrons. The molecule has 1 aliphatic rings.